The Labute approximate surface area is 122 Å². The fourth-order valence-electron chi connectivity index (χ4n) is 1.91. The second-order valence-electron chi connectivity index (χ2n) is 4.88. The van der Waals surface area contributed by atoms with Crippen molar-refractivity contribution in [3.63, 3.8) is 0 Å². The van der Waals surface area contributed by atoms with Gasteiger partial charge in [-0.1, -0.05) is 6.07 Å². The summed E-state index contributed by atoms with van der Waals surface area (Å²) in [6.07, 6.45) is 0. The molecule has 21 heavy (non-hydrogen) atoms. The van der Waals surface area contributed by atoms with Crippen LogP contribution in [0.15, 0.2) is 18.2 Å². The summed E-state index contributed by atoms with van der Waals surface area (Å²) in [4.78, 5) is 22.8. The van der Waals surface area contributed by atoms with E-state index >= 15 is 0 Å². The lowest BCUT2D eigenvalue weighted by molar-refractivity contribution is -0.139. The van der Waals surface area contributed by atoms with Crippen molar-refractivity contribution in [2.75, 3.05) is 19.9 Å². The first kappa shape index (κ1) is 15.1. The minimum absolute atomic E-state index is 0.0946. The molecular weight excluding hydrogens is 276 g/mol. The van der Waals surface area contributed by atoms with E-state index in [2.05, 4.69) is 10.6 Å². The Kier molecular flexibility index (Phi) is 4.32. The number of benzene rings is 1. The summed E-state index contributed by atoms with van der Waals surface area (Å²) in [7, 11) is 0. The molecule has 1 heterocycles. The van der Waals surface area contributed by atoms with Crippen LogP contribution < -0.4 is 20.1 Å². The number of carbonyl (C=O) groups is 2. The molecule has 3 N–H and O–H groups in total. The van der Waals surface area contributed by atoms with Crippen LogP contribution in [-0.4, -0.2) is 36.8 Å². The van der Waals surface area contributed by atoms with E-state index in [9.17, 15) is 14.7 Å². The van der Waals surface area contributed by atoms with Gasteiger partial charge in [-0.25, -0.2) is 0 Å². The van der Waals surface area contributed by atoms with Gasteiger partial charge in [0.2, 0.25) is 6.79 Å². The smallest absolute Gasteiger partial charge is 0.309 e. The van der Waals surface area contributed by atoms with Gasteiger partial charge in [0.15, 0.2) is 11.5 Å². The van der Waals surface area contributed by atoms with Crippen LogP contribution in [0.2, 0.25) is 0 Å². The van der Waals surface area contributed by atoms with Crippen molar-refractivity contribution in [2.24, 2.45) is 0 Å². The van der Waals surface area contributed by atoms with Crippen molar-refractivity contribution in [3.8, 4) is 11.5 Å². The zero-order valence-electron chi connectivity index (χ0n) is 11.9. The Hall–Kier alpha value is -2.28. The average molecular weight is 294 g/mol. The van der Waals surface area contributed by atoms with Crippen LogP contribution in [0, 0.1) is 0 Å². The van der Waals surface area contributed by atoms with E-state index in [1.165, 1.54) is 0 Å². The number of ether oxygens (including phenoxy) is 2. The molecule has 2 rings (SSSR count). The molecule has 0 bridgehead atoms. The highest BCUT2D eigenvalue weighted by atomic mass is 16.7. The number of aliphatic hydroxyl groups is 1. The lowest BCUT2D eigenvalue weighted by Gasteiger charge is -2.24. The Balaban J connectivity index is 2.01. The SMILES string of the molecule is CCNC(=O)C(=O)NC[C@@](C)(O)c1ccc2c(c1)OCO2. The third-order valence-corrected chi connectivity index (χ3v) is 3.13. The summed E-state index contributed by atoms with van der Waals surface area (Å²) in [5, 5.41) is 15.2. The summed E-state index contributed by atoms with van der Waals surface area (Å²) in [6, 6.07) is 5.03. The van der Waals surface area contributed by atoms with Crippen LogP contribution in [-0.2, 0) is 15.2 Å². The minimum atomic E-state index is -1.33. The number of carbonyl (C=O) groups excluding carboxylic acids is 2. The first-order valence-corrected chi connectivity index (χ1v) is 6.62. The highest BCUT2D eigenvalue weighted by Gasteiger charge is 2.27. The zero-order chi connectivity index (χ0) is 15.5. The second kappa shape index (κ2) is 6.01. The standard InChI is InChI=1S/C14H18N2O5/c1-3-15-12(17)13(18)16-7-14(2,19)9-4-5-10-11(6-9)21-8-20-10/h4-6,19H,3,7-8H2,1-2H3,(H,15,17)(H,16,18)/t14-/m1/s1. The van der Waals surface area contributed by atoms with Crippen molar-refractivity contribution in [2.45, 2.75) is 19.4 Å². The summed E-state index contributed by atoms with van der Waals surface area (Å²) in [5.74, 6) is -0.347. The fourth-order valence-corrected chi connectivity index (χ4v) is 1.91. The van der Waals surface area contributed by atoms with Gasteiger partial charge in [-0.2, -0.15) is 0 Å². The maximum atomic E-state index is 11.5. The van der Waals surface area contributed by atoms with Crippen molar-refractivity contribution in [1.82, 2.24) is 10.6 Å². The lowest BCUT2D eigenvalue weighted by Crippen LogP contribution is -2.45. The molecular formula is C14H18N2O5. The van der Waals surface area contributed by atoms with Crippen molar-refractivity contribution in [1.29, 1.82) is 0 Å². The summed E-state index contributed by atoms with van der Waals surface area (Å²) in [6.45, 7) is 3.68. The van der Waals surface area contributed by atoms with E-state index in [0.29, 0.717) is 23.6 Å². The predicted octanol–water partition coefficient (Wildman–Crippen LogP) is -0.125. The van der Waals surface area contributed by atoms with Crippen LogP contribution in [0.5, 0.6) is 11.5 Å². The Morgan fingerprint density at radius 1 is 1.24 bits per heavy atom. The maximum absolute atomic E-state index is 11.5. The number of hydrogen-bond acceptors (Lipinski definition) is 5. The second-order valence-corrected chi connectivity index (χ2v) is 4.88. The third-order valence-electron chi connectivity index (χ3n) is 3.13. The summed E-state index contributed by atoms with van der Waals surface area (Å²) < 4.78 is 10.4. The molecule has 2 amide bonds. The third kappa shape index (κ3) is 3.43. The number of hydrogen-bond donors (Lipinski definition) is 3. The molecule has 1 aliphatic heterocycles. The van der Waals surface area contributed by atoms with E-state index in [-0.39, 0.29) is 13.3 Å². The first-order valence-electron chi connectivity index (χ1n) is 6.62. The van der Waals surface area contributed by atoms with Gasteiger partial charge in [-0.3, -0.25) is 9.59 Å². The van der Waals surface area contributed by atoms with Gasteiger partial charge in [0.25, 0.3) is 0 Å². The highest BCUT2D eigenvalue weighted by Crippen LogP contribution is 2.35. The molecule has 0 unspecified atom stereocenters. The van der Waals surface area contributed by atoms with Crippen molar-refractivity contribution < 1.29 is 24.2 Å². The lowest BCUT2D eigenvalue weighted by atomic mass is 9.95. The zero-order valence-corrected chi connectivity index (χ0v) is 11.9. The van der Waals surface area contributed by atoms with Gasteiger partial charge in [-0.15, -0.1) is 0 Å². The van der Waals surface area contributed by atoms with Gasteiger partial charge in [0.1, 0.15) is 5.60 Å². The normalized spacial score (nSPS) is 15.2. The molecule has 114 valence electrons. The molecule has 1 aliphatic rings. The Morgan fingerprint density at radius 3 is 2.62 bits per heavy atom. The molecule has 0 saturated heterocycles. The summed E-state index contributed by atoms with van der Waals surface area (Å²) in [5.41, 5.74) is -0.772. The monoisotopic (exact) mass is 294 g/mol. The molecule has 1 aromatic rings. The van der Waals surface area contributed by atoms with Gasteiger partial charge < -0.3 is 25.2 Å². The van der Waals surface area contributed by atoms with E-state index < -0.39 is 17.4 Å². The Morgan fingerprint density at radius 2 is 1.90 bits per heavy atom. The van der Waals surface area contributed by atoms with Crippen molar-refractivity contribution in [3.05, 3.63) is 23.8 Å². The molecule has 0 saturated carbocycles. The molecule has 0 radical (unpaired) electrons. The number of amides is 2. The maximum Gasteiger partial charge on any atom is 0.309 e. The molecule has 1 atom stereocenters. The molecule has 0 fully saturated rings. The number of fused-ring (bicyclic) bond motifs is 1. The number of likely N-dealkylation sites (N-methyl/N-ethyl adjacent to an activating group) is 1. The molecule has 7 heteroatoms. The van der Waals surface area contributed by atoms with Crippen LogP contribution in [0.1, 0.15) is 19.4 Å². The van der Waals surface area contributed by atoms with Gasteiger partial charge >= 0.3 is 11.8 Å². The van der Waals surface area contributed by atoms with Crippen LogP contribution in [0.3, 0.4) is 0 Å². The van der Waals surface area contributed by atoms with Crippen LogP contribution in [0.4, 0.5) is 0 Å². The van der Waals surface area contributed by atoms with E-state index in [1.54, 1.807) is 32.0 Å². The highest BCUT2D eigenvalue weighted by molar-refractivity contribution is 6.35. The largest absolute Gasteiger partial charge is 0.454 e. The average Bonchev–Trinajstić information content (AvgIpc) is 2.92. The minimum Gasteiger partial charge on any atom is -0.454 e. The van der Waals surface area contributed by atoms with E-state index in [4.69, 9.17) is 9.47 Å². The number of nitrogens with one attached hydrogen (secondary N) is 2. The molecule has 1 aromatic carbocycles. The Bertz CT molecular complexity index is 556. The van der Waals surface area contributed by atoms with E-state index in [1.807, 2.05) is 0 Å². The van der Waals surface area contributed by atoms with E-state index in [0.717, 1.165) is 0 Å². The number of rotatable bonds is 4. The first-order chi connectivity index (χ1) is 9.94. The molecule has 7 nitrogen and oxygen atoms in total. The quantitative estimate of drug-likeness (QED) is 0.672. The van der Waals surface area contributed by atoms with Gasteiger partial charge in [0.05, 0.1) is 6.54 Å². The predicted molar refractivity (Wildman–Crippen MR) is 73.8 cm³/mol. The summed E-state index contributed by atoms with van der Waals surface area (Å²) >= 11 is 0. The fraction of sp³-hybridized carbons (Fsp3) is 0.429. The molecule has 0 aliphatic carbocycles. The van der Waals surface area contributed by atoms with Gasteiger partial charge in [-0.05, 0) is 31.5 Å². The van der Waals surface area contributed by atoms with Gasteiger partial charge in [0, 0.05) is 6.54 Å². The molecule has 0 spiro atoms. The van der Waals surface area contributed by atoms with Crippen LogP contribution in [0.25, 0.3) is 0 Å². The van der Waals surface area contributed by atoms with Crippen molar-refractivity contribution >= 4 is 11.8 Å². The van der Waals surface area contributed by atoms with Crippen LogP contribution >= 0.6 is 0 Å². The topological polar surface area (TPSA) is 96.9 Å². The molecule has 0 aromatic heterocycles.